The molecule has 0 bridgehead atoms. The van der Waals surface area contributed by atoms with Gasteiger partial charge in [-0.25, -0.2) is 0 Å². The monoisotopic (exact) mass is 295 g/mol. The largest absolute Gasteiger partial charge is 0.416 e. The van der Waals surface area contributed by atoms with E-state index in [0.29, 0.717) is 0 Å². The lowest BCUT2D eigenvalue weighted by atomic mass is 10.1. The number of halogens is 3. The predicted molar refractivity (Wildman–Crippen MR) is 63.9 cm³/mol. The standard InChI is InChI=1S/C12H8F3N5O/c13-12(14,15)9-3-1-2-8(4-9)11-18-10(21-19-11)5-20-6-16-17-7-20/h1-4,6-7H,5H2. The molecule has 0 amide bonds. The lowest BCUT2D eigenvalue weighted by Crippen LogP contribution is -2.04. The van der Waals surface area contributed by atoms with Crippen molar-refractivity contribution in [2.75, 3.05) is 0 Å². The Kier molecular flexibility index (Phi) is 3.16. The molecule has 0 saturated heterocycles. The smallest absolute Gasteiger partial charge is 0.337 e. The maximum atomic E-state index is 12.7. The van der Waals surface area contributed by atoms with Gasteiger partial charge < -0.3 is 9.09 Å². The first-order valence-electron chi connectivity index (χ1n) is 5.85. The molecule has 6 nitrogen and oxygen atoms in total. The lowest BCUT2D eigenvalue weighted by molar-refractivity contribution is -0.137. The third-order valence-corrected chi connectivity index (χ3v) is 2.70. The third kappa shape index (κ3) is 2.91. The first kappa shape index (κ1) is 13.3. The average molecular weight is 295 g/mol. The molecule has 0 aliphatic carbocycles. The maximum Gasteiger partial charge on any atom is 0.416 e. The number of aromatic nitrogens is 5. The summed E-state index contributed by atoms with van der Waals surface area (Å²) in [7, 11) is 0. The zero-order chi connectivity index (χ0) is 14.9. The highest BCUT2D eigenvalue weighted by atomic mass is 19.4. The molecule has 0 unspecified atom stereocenters. The molecule has 0 spiro atoms. The van der Waals surface area contributed by atoms with Gasteiger partial charge in [0.2, 0.25) is 11.7 Å². The fourth-order valence-corrected chi connectivity index (χ4v) is 1.73. The number of rotatable bonds is 3. The predicted octanol–water partition coefficient (Wildman–Crippen LogP) is 2.40. The van der Waals surface area contributed by atoms with Gasteiger partial charge in [-0.15, -0.1) is 10.2 Å². The Labute approximate surface area is 116 Å². The fourth-order valence-electron chi connectivity index (χ4n) is 1.73. The van der Waals surface area contributed by atoms with Crippen LogP contribution in [0.3, 0.4) is 0 Å². The summed E-state index contributed by atoms with van der Waals surface area (Å²) < 4.78 is 44.6. The Hall–Kier alpha value is -2.71. The molecule has 2 heterocycles. The Morgan fingerprint density at radius 1 is 1.14 bits per heavy atom. The van der Waals surface area contributed by atoms with Gasteiger partial charge >= 0.3 is 6.18 Å². The van der Waals surface area contributed by atoms with Crippen molar-refractivity contribution in [3.8, 4) is 11.4 Å². The van der Waals surface area contributed by atoms with Gasteiger partial charge in [-0.3, -0.25) is 0 Å². The second-order valence-corrected chi connectivity index (χ2v) is 4.22. The number of hydrogen-bond acceptors (Lipinski definition) is 5. The fraction of sp³-hybridized carbons (Fsp3) is 0.167. The van der Waals surface area contributed by atoms with Crippen molar-refractivity contribution < 1.29 is 17.7 Å². The summed E-state index contributed by atoms with van der Waals surface area (Å²) in [6.45, 7) is 0.249. The first-order chi connectivity index (χ1) is 10.0. The molecule has 9 heteroatoms. The third-order valence-electron chi connectivity index (χ3n) is 2.70. The molecular formula is C12H8F3N5O. The molecular weight excluding hydrogens is 287 g/mol. The van der Waals surface area contributed by atoms with Crippen LogP contribution in [0.4, 0.5) is 13.2 Å². The SMILES string of the molecule is FC(F)(F)c1cccc(-c2noc(Cn3cnnc3)n2)c1. The first-order valence-corrected chi connectivity index (χ1v) is 5.85. The van der Waals surface area contributed by atoms with Crippen LogP contribution in [0, 0.1) is 0 Å². The van der Waals surface area contributed by atoms with Crippen LogP contribution in [0.25, 0.3) is 11.4 Å². The van der Waals surface area contributed by atoms with Crippen molar-refractivity contribution in [2.24, 2.45) is 0 Å². The van der Waals surface area contributed by atoms with Crippen LogP contribution in [-0.4, -0.2) is 24.9 Å². The van der Waals surface area contributed by atoms with Gasteiger partial charge in [0, 0.05) is 5.56 Å². The molecule has 1 aromatic carbocycles. The molecule has 0 aliphatic heterocycles. The van der Waals surface area contributed by atoms with E-state index in [4.69, 9.17) is 4.52 Å². The normalized spacial score (nSPS) is 11.8. The van der Waals surface area contributed by atoms with Gasteiger partial charge in [0.15, 0.2) is 0 Å². The highest BCUT2D eigenvalue weighted by Crippen LogP contribution is 2.31. The van der Waals surface area contributed by atoms with E-state index in [1.165, 1.54) is 24.8 Å². The van der Waals surface area contributed by atoms with Crippen molar-refractivity contribution in [2.45, 2.75) is 12.7 Å². The van der Waals surface area contributed by atoms with Crippen LogP contribution in [0.5, 0.6) is 0 Å². The molecule has 108 valence electrons. The number of hydrogen-bond donors (Lipinski definition) is 0. The maximum absolute atomic E-state index is 12.7. The minimum Gasteiger partial charge on any atom is -0.337 e. The van der Waals surface area contributed by atoms with Gasteiger partial charge in [-0.1, -0.05) is 17.3 Å². The van der Waals surface area contributed by atoms with Crippen LogP contribution >= 0.6 is 0 Å². The quantitative estimate of drug-likeness (QED) is 0.742. The molecule has 0 fully saturated rings. The summed E-state index contributed by atoms with van der Waals surface area (Å²) >= 11 is 0. The highest BCUT2D eigenvalue weighted by molar-refractivity contribution is 5.55. The zero-order valence-corrected chi connectivity index (χ0v) is 10.4. The summed E-state index contributed by atoms with van der Waals surface area (Å²) in [6.07, 6.45) is -1.48. The Bertz CT molecular complexity index is 735. The lowest BCUT2D eigenvalue weighted by Gasteiger charge is -2.06. The van der Waals surface area contributed by atoms with E-state index in [0.717, 1.165) is 12.1 Å². The van der Waals surface area contributed by atoms with Crippen molar-refractivity contribution in [1.82, 2.24) is 24.9 Å². The second kappa shape index (κ2) is 5.00. The Morgan fingerprint density at radius 3 is 2.62 bits per heavy atom. The summed E-state index contributed by atoms with van der Waals surface area (Å²) in [5.41, 5.74) is -0.520. The van der Waals surface area contributed by atoms with Crippen LogP contribution in [0.1, 0.15) is 11.5 Å². The molecule has 0 aliphatic rings. The topological polar surface area (TPSA) is 69.6 Å². The van der Waals surface area contributed by atoms with E-state index >= 15 is 0 Å². The molecule has 3 aromatic rings. The van der Waals surface area contributed by atoms with Crippen molar-refractivity contribution in [3.05, 3.63) is 48.4 Å². The van der Waals surface area contributed by atoms with Gasteiger partial charge in [-0.2, -0.15) is 18.2 Å². The molecule has 0 radical (unpaired) electrons. The van der Waals surface area contributed by atoms with Crippen molar-refractivity contribution >= 4 is 0 Å². The molecule has 0 N–H and O–H groups in total. The number of alkyl halides is 3. The van der Waals surface area contributed by atoms with E-state index in [-0.39, 0.29) is 23.8 Å². The number of nitrogens with zero attached hydrogens (tertiary/aromatic N) is 5. The van der Waals surface area contributed by atoms with Gasteiger partial charge in [0.25, 0.3) is 0 Å². The molecule has 3 rings (SSSR count). The van der Waals surface area contributed by atoms with E-state index < -0.39 is 11.7 Å². The Morgan fingerprint density at radius 2 is 1.90 bits per heavy atom. The minimum atomic E-state index is -4.41. The van der Waals surface area contributed by atoms with E-state index in [1.54, 1.807) is 4.57 Å². The van der Waals surface area contributed by atoms with Gasteiger partial charge in [0.05, 0.1) is 5.56 Å². The molecule has 0 saturated carbocycles. The van der Waals surface area contributed by atoms with Gasteiger partial charge in [-0.05, 0) is 12.1 Å². The Balaban J connectivity index is 1.86. The molecule has 21 heavy (non-hydrogen) atoms. The molecule has 0 atom stereocenters. The van der Waals surface area contributed by atoms with Crippen LogP contribution in [0.2, 0.25) is 0 Å². The summed E-state index contributed by atoms with van der Waals surface area (Å²) in [6, 6.07) is 4.76. The van der Waals surface area contributed by atoms with Crippen LogP contribution in [-0.2, 0) is 12.7 Å². The summed E-state index contributed by atoms with van der Waals surface area (Å²) in [5, 5.41) is 10.9. The van der Waals surface area contributed by atoms with Crippen molar-refractivity contribution in [3.63, 3.8) is 0 Å². The average Bonchev–Trinajstić information content (AvgIpc) is 3.10. The van der Waals surface area contributed by atoms with Crippen LogP contribution < -0.4 is 0 Å². The highest BCUT2D eigenvalue weighted by Gasteiger charge is 2.30. The van der Waals surface area contributed by atoms with E-state index in [9.17, 15) is 13.2 Å². The second-order valence-electron chi connectivity index (χ2n) is 4.22. The molecule has 2 aromatic heterocycles. The van der Waals surface area contributed by atoms with Crippen molar-refractivity contribution in [1.29, 1.82) is 0 Å². The number of benzene rings is 1. The zero-order valence-electron chi connectivity index (χ0n) is 10.4. The van der Waals surface area contributed by atoms with Gasteiger partial charge in [0.1, 0.15) is 19.2 Å². The summed E-state index contributed by atoms with van der Waals surface area (Å²) in [4.78, 5) is 4.06. The summed E-state index contributed by atoms with van der Waals surface area (Å²) in [5.74, 6) is 0.353. The van der Waals surface area contributed by atoms with E-state index in [1.807, 2.05) is 0 Å². The van der Waals surface area contributed by atoms with E-state index in [2.05, 4.69) is 20.3 Å². The van der Waals surface area contributed by atoms with Crippen LogP contribution in [0.15, 0.2) is 41.4 Å². The minimum absolute atomic E-state index is 0.101.